The molecule has 2 aliphatic rings. The standard InChI is InChI=1S/C12H20N4O/c1-16-9(8-14-15-16)7-13-10-6-11(17-2)12(10)4-3-5-12/h8,10-11,13H,3-7H2,1-2H3. The zero-order valence-electron chi connectivity index (χ0n) is 10.5. The summed E-state index contributed by atoms with van der Waals surface area (Å²) in [6, 6.07) is 0.608. The Morgan fingerprint density at radius 3 is 2.94 bits per heavy atom. The molecule has 94 valence electrons. The number of nitrogens with one attached hydrogen (secondary N) is 1. The molecule has 2 fully saturated rings. The monoisotopic (exact) mass is 236 g/mol. The summed E-state index contributed by atoms with van der Waals surface area (Å²) in [5.74, 6) is 0. The number of nitrogens with zero attached hydrogens (tertiary/aromatic N) is 3. The fourth-order valence-electron chi connectivity index (χ4n) is 3.32. The van der Waals surface area contributed by atoms with Gasteiger partial charge in [0.15, 0.2) is 0 Å². The largest absolute Gasteiger partial charge is 0.381 e. The molecule has 0 aromatic carbocycles. The van der Waals surface area contributed by atoms with Crippen molar-refractivity contribution in [3.05, 3.63) is 11.9 Å². The van der Waals surface area contributed by atoms with Gasteiger partial charge in [0, 0.05) is 32.2 Å². The number of ether oxygens (including phenoxy) is 1. The van der Waals surface area contributed by atoms with Gasteiger partial charge in [0.2, 0.25) is 0 Å². The minimum atomic E-state index is 0.431. The van der Waals surface area contributed by atoms with Gasteiger partial charge in [-0.15, -0.1) is 5.10 Å². The van der Waals surface area contributed by atoms with Gasteiger partial charge in [-0.3, -0.25) is 4.68 Å². The van der Waals surface area contributed by atoms with Crippen LogP contribution < -0.4 is 5.32 Å². The maximum absolute atomic E-state index is 5.57. The SMILES string of the molecule is COC1CC(NCc2cnnn2C)C12CCC2. The average molecular weight is 236 g/mol. The molecule has 2 aliphatic carbocycles. The molecule has 1 heterocycles. The molecule has 1 spiro atoms. The van der Waals surface area contributed by atoms with Gasteiger partial charge in [-0.2, -0.15) is 0 Å². The van der Waals surface area contributed by atoms with Crippen LogP contribution in [0.25, 0.3) is 0 Å². The van der Waals surface area contributed by atoms with Crippen molar-refractivity contribution >= 4 is 0 Å². The second-order valence-corrected chi connectivity index (χ2v) is 5.33. The molecule has 0 aliphatic heterocycles. The van der Waals surface area contributed by atoms with Gasteiger partial charge in [-0.1, -0.05) is 11.6 Å². The number of hydrogen-bond donors (Lipinski definition) is 1. The molecule has 2 saturated carbocycles. The summed E-state index contributed by atoms with van der Waals surface area (Å²) in [7, 11) is 3.77. The van der Waals surface area contributed by atoms with Crippen LogP contribution >= 0.6 is 0 Å². The van der Waals surface area contributed by atoms with Crippen LogP contribution in [0.1, 0.15) is 31.4 Å². The summed E-state index contributed by atoms with van der Waals surface area (Å²) in [5, 5.41) is 11.5. The first-order valence-corrected chi connectivity index (χ1v) is 6.36. The van der Waals surface area contributed by atoms with Crippen molar-refractivity contribution in [1.29, 1.82) is 0 Å². The highest BCUT2D eigenvalue weighted by Gasteiger charge is 2.58. The quantitative estimate of drug-likeness (QED) is 0.842. The van der Waals surface area contributed by atoms with E-state index in [1.807, 2.05) is 25.0 Å². The number of methoxy groups -OCH3 is 1. The fraction of sp³-hybridized carbons (Fsp3) is 0.833. The molecule has 1 N–H and O–H groups in total. The van der Waals surface area contributed by atoms with Crippen LogP contribution in [-0.2, 0) is 18.3 Å². The Morgan fingerprint density at radius 2 is 2.41 bits per heavy atom. The molecule has 3 rings (SSSR count). The zero-order valence-corrected chi connectivity index (χ0v) is 10.5. The lowest BCUT2D eigenvalue weighted by molar-refractivity contribution is -0.162. The van der Waals surface area contributed by atoms with Crippen LogP contribution in [0.3, 0.4) is 0 Å². The van der Waals surface area contributed by atoms with Gasteiger partial charge in [0.05, 0.1) is 18.0 Å². The topological polar surface area (TPSA) is 52.0 Å². The lowest BCUT2D eigenvalue weighted by atomic mass is 9.51. The highest BCUT2D eigenvalue weighted by atomic mass is 16.5. The second kappa shape index (κ2) is 4.07. The second-order valence-electron chi connectivity index (χ2n) is 5.33. The van der Waals surface area contributed by atoms with E-state index in [0.717, 1.165) is 18.7 Å². The number of aryl methyl sites for hydroxylation is 1. The molecule has 0 amide bonds. The third-order valence-electron chi connectivity index (χ3n) is 4.69. The van der Waals surface area contributed by atoms with Gasteiger partial charge < -0.3 is 10.1 Å². The van der Waals surface area contributed by atoms with Crippen molar-refractivity contribution < 1.29 is 4.74 Å². The first-order chi connectivity index (χ1) is 8.26. The Kier molecular flexibility index (Phi) is 2.67. The minimum absolute atomic E-state index is 0.431. The van der Waals surface area contributed by atoms with E-state index in [9.17, 15) is 0 Å². The lowest BCUT2D eigenvalue weighted by Gasteiger charge is -2.61. The molecule has 2 atom stereocenters. The van der Waals surface area contributed by atoms with Crippen molar-refractivity contribution in [2.75, 3.05) is 7.11 Å². The predicted molar refractivity (Wildman–Crippen MR) is 63.3 cm³/mol. The van der Waals surface area contributed by atoms with Crippen LogP contribution in [0.5, 0.6) is 0 Å². The Hall–Kier alpha value is -0.940. The summed E-state index contributed by atoms with van der Waals surface area (Å²) in [6.07, 6.45) is 7.41. The zero-order chi connectivity index (χ0) is 11.9. The highest BCUT2D eigenvalue weighted by Crippen LogP contribution is 2.57. The van der Waals surface area contributed by atoms with Crippen molar-refractivity contribution in [3.8, 4) is 0 Å². The number of rotatable bonds is 4. The third-order valence-corrected chi connectivity index (χ3v) is 4.69. The molecule has 0 radical (unpaired) electrons. The molecule has 5 heteroatoms. The Bertz CT molecular complexity index is 399. The van der Waals surface area contributed by atoms with E-state index in [1.165, 1.54) is 19.3 Å². The van der Waals surface area contributed by atoms with Crippen LogP contribution in [0.4, 0.5) is 0 Å². The van der Waals surface area contributed by atoms with Crippen LogP contribution in [0, 0.1) is 5.41 Å². The molecular weight excluding hydrogens is 216 g/mol. The van der Waals surface area contributed by atoms with E-state index in [4.69, 9.17) is 4.74 Å². The van der Waals surface area contributed by atoms with Crippen molar-refractivity contribution in [2.45, 2.75) is 44.4 Å². The number of aromatic nitrogens is 3. The molecule has 1 aromatic rings. The maximum atomic E-state index is 5.57. The van der Waals surface area contributed by atoms with Crippen molar-refractivity contribution in [1.82, 2.24) is 20.3 Å². The molecule has 2 unspecified atom stereocenters. The molecular formula is C12H20N4O. The molecule has 17 heavy (non-hydrogen) atoms. The maximum Gasteiger partial charge on any atom is 0.0738 e. The van der Waals surface area contributed by atoms with Crippen molar-refractivity contribution in [3.63, 3.8) is 0 Å². The van der Waals surface area contributed by atoms with Gasteiger partial charge in [-0.25, -0.2) is 0 Å². The summed E-state index contributed by atoms with van der Waals surface area (Å²) < 4.78 is 7.39. The van der Waals surface area contributed by atoms with E-state index in [0.29, 0.717) is 17.6 Å². The predicted octanol–water partition coefficient (Wildman–Crippen LogP) is 0.862. The smallest absolute Gasteiger partial charge is 0.0738 e. The first-order valence-electron chi connectivity index (χ1n) is 6.36. The Balaban J connectivity index is 1.59. The number of hydrogen-bond acceptors (Lipinski definition) is 4. The molecule has 5 nitrogen and oxygen atoms in total. The summed E-state index contributed by atoms with van der Waals surface area (Å²) in [6.45, 7) is 0.854. The third kappa shape index (κ3) is 1.60. The van der Waals surface area contributed by atoms with Gasteiger partial charge in [0.25, 0.3) is 0 Å². The van der Waals surface area contributed by atoms with E-state index >= 15 is 0 Å². The van der Waals surface area contributed by atoms with Gasteiger partial charge >= 0.3 is 0 Å². The normalized spacial score (nSPS) is 30.0. The fourth-order valence-corrected chi connectivity index (χ4v) is 3.32. The van der Waals surface area contributed by atoms with E-state index in [1.54, 1.807) is 0 Å². The van der Waals surface area contributed by atoms with Crippen LogP contribution in [0.2, 0.25) is 0 Å². The molecule has 1 aromatic heterocycles. The summed E-state index contributed by atoms with van der Waals surface area (Å²) in [4.78, 5) is 0. The summed E-state index contributed by atoms with van der Waals surface area (Å²) >= 11 is 0. The average Bonchev–Trinajstić information content (AvgIpc) is 2.61. The lowest BCUT2D eigenvalue weighted by Crippen LogP contribution is -2.66. The van der Waals surface area contributed by atoms with Gasteiger partial charge in [-0.05, 0) is 19.3 Å². The summed E-state index contributed by atoms with van der Waals surface area (Å²) in [5.41, 5.74) is 1.57. The van der Waals surface area contributed by atoms with Crippen molar-refractivity contribution in [2.24, 2.45) is 12.5 Å². The van der Waals surface area contributed by atoms with E-state index < -0.39 is 0 Å². The minimum Gasteiger partial charge on any atom is -0.381 e. The van der Waals surface area contributed by atoms with Crippen LogP contribution in [0.15, 0.2) is 6.20 Å². The molecule has 0 saturated heterocycles. The van der Waals surface area contributed by atoms with Crippen LogP contribution in [-0.4, -0.2) is 34.2 Å². The van der Waals surface area contributed by atoms with Gasteiger partial charge in [0.1, 0.15) is 0 Å². The Labute approximate surface area is 102 Å². The highest BCUT2D eigenvalue weighted by molar-refractivity contribution is 5.12. The van der Waals surface area contributed by atoms with E-state index in [-0.39, 0.29) is 0 Å². The first kappa shape index (κ1) is 11.2. The Morgan fingerprint density at radius 1 is 1.59 bits per heavy atom. The van der Waals surface area contributed by atoms with E-state index in [2.05, 4.69) is 15.6 Å². The molecule has 0 bridgehead atoms.